The molecule has 0 spiro atoms. The molecule has 20 heavy (non-hydrogen) atoms. The highest BCUT2D eigenvalue weighted by molar-refractivity contribution is 5.55. The lowest BCUT2D eigenvalue weighted by Crippen LogP contribution is -2.02. The van der Waals surface area contributed by atoms with Gasteiger partial charge in [0.2, 0.25) is 5.88 Å². The zero-order valence-electron chi connectivity index (χ0n) is 11.7. The minimum absolute atomic E-state index is 0.644. The van der Waals surface area contributed by atoms with Gasteiger partial charge in [-0.05, 0) is 50.3 Å². The number of hydrogen-bond donors (Lipinski definition) is 1. The second-order valence-electron chi connectivity index (χ2n) is 5.31. The zero-order valence-corrected chi connectivity index (χ0v) is 11.7. The molecule has 1 aliphatic carbocycles. The predicted octanol–water partition coefficient (Wildman–Crippen LogP) is 3.43. The fourth-order valence-electron chi connectivity index (χ4n) is 2.62. The molecule has 0 radical (unpaired) electrons. The molecule has 0 saturated heterocycles. The van der Waals surface area contributed by atoms with E-state index >= 15 is 0 Å². The van der Waals surface area contributed by atoms with Gasteiger partial charge in [-0.3, -0.25) is 0 Å². The maximum absolute atomic E-state index is 6.01. The lowest BCUT2D eigenvalue weighted by atomic mass is 10.1. The van der Waals surface area contributed by atoms with Gasteiger partial charge in [-0.1, -0.05) is 12.5 Å². The maximum atomic E-state index is 6.01. The summed E-state index contributed by atoms with van der Waals surface area (Å²) in [5, 5.41) is 0. The highest BCUT2D eigenvalue weighted by atomic mass is 16.5. The molecule has 4 heteroatoms. The number of ether oxygens (including phenoxy) is 1. The molecule has 0 aliphatic heterocycles. The van der Waals surface area contributed by atoms with Crippen LogP contribution in [-0.4, -0.2) is 9.97 Å². The van der Waals surface area contributed by atoms with Crippen LogP contribution in [0.5, 0.6) is 11.6 Å². The minimum Gasteiger partial charge on any atom is -0.436 e. The Balaban J connectivity index is 1.94. The number of nitrogens with two attached hydrogens (primary N) is 1. The molecule has 4 nitrogen and oxygen atoms in total. The van der Waals surface area contributed by atoms with E-state index in [1.807, 2.05) is 25.1 Å². The molecule has 1 aromatic heterocycles. The Morgan fingerprint density at radius 3 is 2.80 bits per heavy atom. The molecule has 0 atom stereocenters. The summed E-state index contributed by atoms with van der Waals surface area (Å²) in [5.41, 5.74) is 10.0. The average Bonchev–Trinajstić information content (AvgIpc) is 2.68. The van der Waals surface area contributed by atoms with Crippen LogP contribution >= 0.6 is 0 Å². The molecule has 0 bridgehead atoms. The van der Waals surface area contributed by atoms with Crippen molar-refractivity contribution in [1.29, 1.82) is 0 Å². The smallest absolute Gasteiger partial charge is 0.225 e. The minimum atomic E-state index is 0.644. The van der Waals surface area contributed by atoms with Crippen LogP contribution in [0.4, 0.5) is 5.69 Å². The number of benzene rings is 1. The molecule has 2 aromatic rings. The fourth-order valence-corrected chi connectivity index (χ4v) is 2.62. The van der Waals surface area contributed by atoms with E-state index in [4.69, 9.17) is 10.5 Å². The van der Waals surface area contributed by atoms with Gasteiger partial charge in [0.05, 0.1) is 11.4 Å². The SMILES string of the molecule is Cc1ccc(Oc2ncnc3c2CCCCC3)c(N)c1. The van der Waals surface area contributed by atoms with Crippen LogP contribution in [-0.2, 0) is 12.8 Å². The van der Waals surface area contributed by atoms with Crippen LogP contribution in [0.2, 0.25) is 0 Å². The van der Waals surface area contributed by atoms with Gasteiger partial charge in [-0.15, -0.1) is 0 Å². The van der Waals surface area contributed by atoms with Crippen molar-refractivity contribution in [2.24, 2.45) is 0 Å². The van der Waals surface area contributed by atoms with E-state index in [-0.39, 0.29) is 0 Å². The fraction of sp³-hybridized carbons (Fsp3) is 0.375. The molecule has 1 heterocycles. The Bertz CT molecular complexity index is 625. The van der Waals surface area contributed by atoms with E-state index in [0.29, 0.717) is 17.3 Å². The molecule has 1 aliphatic rings. The average molecular weight is 269 g/mol. The van der Waals surface area contributed by atoms with E-state index in [0.717, 1.165) is 29.7 Å². The summed E-state index contributed by atoms with van der Waals surface area (Å²) >= 11 is 0. The topological polar surface area (TPSA) is 61.0 Å². The zero-order chi connectivity index (χ0) is 13.9. The molecule has 0 amide bonds. The van der Waals surface area contributed by atoms with Crippen molar-refractivity contribution >= 4 is 5.69 Å². The highest BCUT2D eigenvalue weighted by Gasteiger charge is 2.16. The first-order chi connectivity index (χ1) is 9.74. The molecule has 0 unspecified atom stereocenters. The maximum Gasteiger partial charge on any atom is 0.225 e. The Labute approximate surface area is 119 Å². The Morgan fingerprint density at radius 1 is 1.10 bits per heavy atom. The normalized spacial score (nSPS) is 14.4. The molecule has 1 aromatic carbocycles. The molecule has 0 saturated carbocycles. The van der Waals surface area contributed by atoms with E-state index < -0.39 is 0 Å². The summed E-state index contributed by atoms with van der Waals surface area (Å²) in [7, 11) is 0. The van der Waals surface area contributed by atoms with E-state index in [1.165, 1.54) is 19.3 Å². The highest BCUT2D eigenvalue weighted by Crippen LogP contribution is 2.32. The molecule has 0 fully saturated rings. The molecular weight excluding hydrogens is 250 g/mol. The van der Waals surface area contributed by atoms with Crippen LogP contribution in [0.15, 0.2) is 24.5 Å². The second-order valence-corrected chi connectivity index (χ2v) is 5.31. The van der Waals surface area contributed by atoms with Gasteiger partial charge in [0, 0.05) is 5.56 Å². The van der Waals surface area contributed by atoms with E-state index in [2.05, 4.69) is 9.97 Å². The third kappa shape index (κ3) is 2.59. The summed E-state index contributed by atoms with van der Waals surface area (Å²) in [6.45, 7) is 2.01. The van der Waals surface area contributed by atoms with Gasteiger partial charge in [-0.25, -0.2) is 9.97 Å². The van der Waals surface area contributed by atoms with Gasteiger partial charge in [0.15, 0.2) is 5.75 Å². The van der Waals surface area contributed by atoms with Crippen LogP contribution in [0.25, 0.3) is 0 Å². The van der Waals surface area contributed by atoms with Crippen LogP contribution in [0.3, 0.4) is 0 Å². The van der Waals surface area contributed by atoms with Gasteiger partial charge in [-0.2, -0.15) is 0 Å². The van der Waals surface area contributed by atoms with Gasteiger partial charge < -0.3 is 10.5 Å². The van der Waals surface area contributed by atoms with Gasteiger partial charge in [0.25, 0.3) is 0 Å². The number of hydrogen-bond acceptors (Lipinski definition) is 4. The first-order valence-electron chi connectivity index (χ1n) is 7.11. The Morgan fingerprint density at radius 2 is 1.95 bits per heavy atom. The lowest BCUT2D eigenvalue weighted by molar-refractivity contribution is 0.455. The third-order valence-corrected chi connectivity index (χ3v) is 3.71. The van der Waals surface area contributed by atoms with Crippen LogP contribution in [0.1, 0.15) is 36.1 Å². The molecular formula is C16H19N3O. The number of aryl methyl sites for hydroxylation is 2. The van der Waals surface area contributed by atoms with Crippen molar-refractivity contribution in [2.45, 2.75) is 39.0 Å². The van der Waals surface area contributed by atoms with Crippen LogP contribution in [0, 0.1) is 6.92 Å². The summed E-state index contributed by atoms with van der Waals surface area (Å²) in [4.78, 5) is 8.70. The summed E-state index contributed by atoms with van der Waals surface area (Å²) in [5.74, 6) is 1.33. The van der Waals surface area contributed by atoms with Gasteiger partial charge >= 0.3 is 0 Å². The van der Waals surface area contributed by atoms with Crippen molar-refractivity contribution in [3.05, 3.63) is 41.3 Å². The number of fused-ring (bicyclic) bond motifs is 1. The quantitative estimate of drug-likeness (QED) is 0.670. The van der Waals surface area contributed by atoms with Crippen LogP contribution < -0.4 is 10.5 Å². The van der Waals surface area contributed by atoms with Crippen molar-refractivity contribution in [3.8, 4) is 11.6 Å². The first kappa shape index (κ1) is 12.9. The van der Waals surface area contributed by atoms with Gasteiger partial charge in [0.1, 0.15) is 6.33 Å². The monoisotopic (exact) mass is 269 g/mol. The van der Waals surface area contributed by atoms with E-state index in [9.17, 15) is 0 Å². The van der Waals surface area contributed by atoms with Crippen molar-refractivity contribution in [3.63, 3.8) is 0 Å². The first-order valence-corrected chi connectivity index (χ1v) is 7.11. The second kappa shape index (κ2) is 5.49. The Hall–Kier alpha value is -2.10. The molecule has 3 rings (SSSR count). The number of aromatic nitrogens is 2. The summed E-state index contributed by atoms with van der Waals surface area (Å²) in [6.07, 6.45) is 7.18. The third-order valence-electron chi connectivity index (χ3n) is 3.71. The molecule has 2 N–H and O–H groups in total. The molecule has 104 valence electrons. The van der Waals surface area contributed by atoms with Crippen molar-refractivity contribution in [2.75, 3.05) is 5.73 Å². The lowest BCUT2D eigenvalue weighted by Gasteiger charge is -2.13. The summed E-state index contributed by atoms with van der Waals surface area (Å²) < 4.78 is 5.94. The number of nitrogens with zero attached hydrogens (tertiary/aromatic N) is 2. The number of rotatable bonds is 2. The summed E-state index contributed by atoms with van der Waals surface area (Å²) in [6, 6.07) is 5.80. The van der Waals surface area contributed by atoms with E-state index in [1.54, 1.807) is 6.33 Å². The van der Waals surface area contributed by atoms with Crippen molar-refractivity contribution in [1.82, 2.24) is 9.97 Å². The predicted molar refractivity (Wildman–Crippen MR) is 79.0 cm³/mol. The number of anilines is 1. The largest absolute Gasteiger partial charge is 0.436 e. The number of nitrogen functional groups attached to an aromatic ring is 1. The Kier molecular flexibility index (Phi) is 3.54. The van der Waals surface area contributed by atoms with Crippen molar-refractivity contribution < 1.29 is 4.74 Å². The standard InChI is InChI=1S/C16H19N3O/c1-11-7-8-15(13(17)9-11)20-16-12-5-3-2-4-6-14(12)18-10-19-16/h7-10H,2-6,17H2,1H3.